The van der Waals surface area contributed by atoms with Crippen molar-refractivity contribution in [1.29, 1.82) is 0 Å². The number of anilines is 1. The van der Waals surface area contributed by atoms with Gasteiger partial charge in [0.15, 0.2) is 0 Å². The number of amides is 1. The predicted octanol–water partition coefficient (Wildman–Crippen LogP) is 1.59. The molecule has 2 atom stereocenters. The summed E-state index contributed by atoms with van der Waals surface area (Å²) in [5.41, 5.74) is 2.14. The minimum absolute atomic E-state index is 0.107. The van der Waals surface area contributed by atoms with Crippen molar-refractivity contribution in [2.45, 2.75) is 6.54 Å². The van der Waals surface area contributed by atoms with Crippen LogP contribution < -0.4 is 9.64 Å². The molecule has 30 heavy (non-hydrogen) atoms. The van der Waals surface area contributed by atoms with Crippen LogP contribution in [0.5, 0.6) is 5.75 Å². The highest BCUT2D eigenvalue weighted by Gasteiger charge is 2.46. The van der Waals surface area contributed by atoms with Crippen molar-refractivity contribution >= 4 is 24.5 Å². The summed E-state index contributed by atoms with van der Waals surface area (Å²) in [6.45, 7) is 2.95. The standard InChI is InChI=1S/C19H21N3O2.2CH2O2/c1-24-17-6-2-4-14(8-17)10-21-11-15-12-22(19(23)18(15)13-21)16-5-3-7-20-9-16;2*2-1-3/h2-9,15,18H,10-13H2,1H3;2*1H,(H,2,3)/t15-,18-;;/m0../s1. The highest BCUT2D eigenvalue weighted by molar-refractivity contribution is 5.97. The van der Waals surface area contributed by atoms with Crippen LogP contribution in [0.4, 0.5) is 5.69 Å². The SMILES string of the molecule is COc1cccc(CN2C[C@H]3CN(c4cccnc4)C(=O)[C@H]3C2)c1.O=CO.O=CO. The third-order valence-electron chi connectivity index (χ3n) is 5.01. The monoisotopic (exact) mass is 415 g/mol. The third-order valence-corrected chi connectivity index (χ3v) is 5.01. The molecule has 1 aromatic carbocycles. The maximum atomic E-state index is 12.7. The number of rotatable bonds is 4. The molecule has 9 heteroatoms. The zero-order valence-corrected chi connectivity index (χ0v) is 16.6. The van der Waals surface area contributed by atoms with Crippen molar-refractivity contribution in [3.05, 3.63) is 54.4 Å². The summed E-state index contributed by atoms with van der Waals surface area (Å²) < 4.78 is 5.29. The van der Waals surface area contributed by atoms with Crippen LogP contribution in [0.25, 0.3) is 0 Å². The lowest BCUT2D eigenvalue weighted by Crippen LogP contribution is -2.32. The second-order valence-electron chi connectivity index (χ2n) is 6.78. The molecular formula is C21H25N3O6. The largest absolute Gasteiger partial charge is 0.497 e. The van der Waals surface area contributed by atoms with Gasteiger partial charge in [0.2, 0.25) is 5.91 Å². The Morgan fingerprint density at radius 2 is 1.87 bits per heavy atom. The summed E-state index contributed by atoms with van der Waals surface area (Å²) in [5.74, 6) is 1.63. The number of methoxy groups -OCH3 is 1. The van der Waals surface area contributed by atoms with E-state index in [4.69, 9.17) is 24.5 Å². The van der Waals surface area contributed by atoms with Crippen LogP contribution in [-0.4, -0.2) is 65.7 Å². The zero-order valence-electron chi connectivity index (χ0n) is 16.6. The minimum atomic E-state index is -0.250. The fourth-order valence-electron chi connectivity index (χ4n) is 3.85. The topological polar surface area (TPSA) is 120 Å². The molecule has 3 heterocycles. The van der Waals surface area contributed by atoms with Gasteiger partial charge in [0, 0.05) is 38.3 Å². The minimum Gasteiger partial charge on any atom is -0.497 e. The third kappa shape index (κ3) is 5.77. The molecule has 2 saturated heterocycles. The lowest BCUT2D eigenvalue weighted by Gasteiger charge is -2.21. The number of likely N-dealkylation sites (tertiary alicyclic amines) is 1. The highest BCUT2D eigenvalue weighted by atomic mass is 16.5. The number of aromatic nitrogens is 1. The molecule has 4 rings (SSSR count). The fourth-order valence-corrected chi connectivity index (χ4v) is 3.85. The lowest BCUT2D eigenvalue weighted by molar-refractivity contribution is -0.123. The Morgan fingerprint density at radius 1 is 1.13 bits per heavy atom. The van der Waals surface area contributed by atoms with Gasteiger partial charge in [-0.2, -0.15) is 0 Å². The predicted molar refractivity (Wildman–Crippen MR) is 109 cm³/mol. The molecule has 0 saturated carbocycles. The number of hydrogen-bond acceptors (Lipinski definition) is 6. The van der Waals surface area contributed by atoms with Gasteiger partial charge in [-0.3, -0.25) is 24.3 Å². The van der Waals surface area contributed by atoms with Crippen molar-refractivity contribution in [3.63, 3.8) is 0 Å². The van der Waals surface area contributed by atoms with Gasteiger partial charge in [0.25, 0.3) is 12.9 Å². The van der Waals surface area contributed by atoms with Crippen molar-refractivity contribution < 1.29 is 29.3 Å². The van der Waals surface area contributed by atoms with Gasteiger partial charge in [-0.05, 0) is 29.8 Å². The van der Waals surface area contributed by atoms with E-state index in [-0.39, 0.29) is 24.8 Å². The van der Waals surface area contributed by atoms with Crippen LogP contribution >= 0.6 is 0 Å². The number of carboxylic acid groups (broad SMARTS) is 2. The molecule has 160 valence electrons. The van der Waals surface area contributed by atoms with E-state index in [1.54, 1.807) is 19.5 Å². The summed E-state index contributed by atoms with van der Waals surface area (Å²) in [6.07, 6.45) is 3.51. The number of benzene rings is 1. The van der Waals surface area contributed by atoms with Gasteiger partial charge in [-0.1, -0.05) is 12.1 Å². The van der Waals surface area contributed by atoms with Gasteiger partial charge < -0.3 is 19.8 Å². The van der Waals surface area contributed by atoms with Crippen molar-refractivity contribution in [1.82, 2.24) is 9.88 Å². The quantitative estimate of drug-likeness (QED) is 0.723. The van der Waals surface area contributed by atoms with E-state index in [2.05, 4.69) is 22.0 Å². The van der Waals surface area contributed by atoms with E-state index in [9.17, 15) is 4.79 Å². The smallest absolute Gasteiger partial charge is 0.290 e. The van der Waals surface area contributed by atoms with Crippen LogP contribution in [0.3, 0.4) is 0 Å². The molecule has 0 spiro atoms. The Morgan fingerprint density at radius 3 is 2.47 bits per heavy atom. The molecule has 2 aromatic rings. The Kier molecular flexibility index (Phi) is 8.76. The molecule has 1 amide bonds. The van der Waals surface area contributed by atoms with E-state index in [0.29, 0.717) is 5.92 Å². The van der Waals surface area contributed by atoms with Gasteiger partial charge in [-0.15, -0.1) is 0 Å². The average Bonchev–Trinajstić information content (AvgIpc) is 3.28. The number of carbonyl (C=O) groups is 3. The van der Waals surface area contributed by atoms with Crippen LogP contribution in [0, 0.1) is 11.8 Å². The molecule has 2 aliphatic rings. The maximum absolute atomic E-state index is 12.7. The summed E-state index contributed by atoms with van der Waals surface area (Å²) in [5, 5.41) is 13.8. The van der Waals surface area contributed by atoms with Gasteiger partial charge in [-0.25, -0.2) is 0 Å². The first-order valence-corrected chi connectivity index (χ1v) is 9.30. The number of hydrogen-bond donors (Lipinski definition) is 2. The summed E-state index contributed by atoms with van der Waals surface area (Å²) in [6, 6.07) is 12.0. The normalized spacial score (nSPS) is 19.6. The van der Waals surface area contributed by atoms with E-state index in [1.165, 1.54) is 5.56 Å². The molecule has 1 aromatic heterocycles. The lowest BCUT2D eigenvalue weighted by atomic mass is 10.0. The zero-order chi connectivity index (χ0) is 21.9. The number of ether oxygens (including phenoxy) is 1. The highest BCUT2D eigenvalue weighted by Crippen LogP contribution is 2.35. The number of pyridine rings is 1. The molecule has 0 bridgehead atoms. The fraction of sp³-hybridized carbons (Fsp3) is 0.333. The molecule has 2 fully saturated rings. The van der Waals surface area contributed by atoms with Crippen LogP contribution in [-0.2, 0) is 20.9 Å². The van der Waals surface area contributed by atoms with Crippen LogP contribution in [0.1, 0.15) is 5.56 Å². The van der Waals surface area contributed by atoms with Crippen molar-refractivity contribution in [2.75, 3.05) is 31.6 Å². The number of fused-ring (bicyclic) bond motifs is 1. The van der Waals surface area contributed by atoms with Gasteiger partial charge >= 0.3 is 0 Å². The van der Waals surface area contributed by atoms with Gasteiger partial charge in [0.1, 0.15) is 5.75 Å². The maximum Gasteiger partial charge on any atom is 0.290 e. The van der Waals surface area contributed by atoms with Crippen molar-refractivity contribution in [3.8, 4) is 5.75 Å². The average molecular weight is 415 g/mol. The molecule has 2 N–H and O–H groups in total. The molecule has 0 aliphatic carbocycles. The van der Waals surface area contributed by atoms with Crippen LogP contribution in [0.15, 0.2) is 48.8 Å². The van der Waals surface area contributed by atoms with E-state index in [0.717, 1.165) is 37.6 Å². The second kappa shape index (κ2) is 11.5. The number of nitrogens with zero attached hydrogens (tertiary/aromatic N) is 3. The Balaban J connectivity index is 0.000000480. The molecule has 2 aliphatic heterocycles. The first-order chi connectivity index (χ1) is 14.6. The summed E-state index contributed by atoms with van der Waals surface area (Å²) >= 11 is 0. The Bertz CT molecular complexity index is 827. The summed E-state index contributed by atoms with van der Waals surface area (Å²) in [7, 11) is 1.69. The summed E-state index contributed by atoms with van der Waals surface area (Å²) in [4.78, 5) is 37.9. The second-order valence-corrected chi connectivity index (χ2v) is 6.78. The van der Waals surface area contributed by atoms with Gasteiger partial charge in [0.05, 0.1) is 24.9 Å². The van der Waals surface area contributed by atoms with E-state index in [1.807, 2.05) is 29.2 Å². The molecule has 0 unspecified atom stereocenters. The number of carbonyl (C=O) groups excluding carboxylic acids is 1. The molecular weight excluding hydrogens is 390 g/mol. The first-order valence-electron chi connectivity index (χ1n) is 9.30. The van der Waals surface area contributed by atoms with Crippen molar-refractivity contribution in [2.24, 2.45) is 11.8 Å². The first kappa shape index (κ1) is 22.8. The van der Waals surface area contributed by atoms with E-state index < -0.39 is 0 Å². The Hall–Kier alpha value is -3.46. The molecule has 9 nitrogen and oxygen atoms in total. The molecule has 0 radical (unpaired) electrons. The van der Waals surface area contributed by atoms with E-state index >= 15 is 0 Å². The van der Waals surface area contributed by atoms with Crippen LogP contribution in [0.2, 0.25) is 0 Å². The Labute approximate surface area is 174 Å².